The number of amides is 1. The van der Waals surface area contributed by atoms with Gasteiger partial charge >= 0.3 is 5.97 Å². The number of rotatable bonds is 6. The lowest BCUT2D eigenvalue weighted by molar-refractivity contribution is -0.117. The second-order valence-corrected chi connectivity index (χ2v) is 9.85. The summed E-state index contributed by atoms with van der Waals surface area (Å²) in [4.78, 5) is 29.8. The fraction of sp³-hybridized carbons (Fsp3) is 0.280. The van der Waals surface area contributed by atoms with Crippen LogP contribution in [0.2, 0.25) is 10.0 Å². The van der Waals surface area contributed by atoms with Crippen molar-refractivity contribution >= 4 is 57.1 Å². The van der Waals surface area contributed by atoms with Gasteiger partial charge in [0, 0.05) is 52.9 Å². The van der Waals surface area contributed by atoms with E-state index in [-0.39, 0.29) is 12.5 Å². The maximum absolute atomic E-state index is 12.8. The lowest BCUT2D eigenvalue weighted by Gasteiger charge is -2.36. The second kappa shape index (κ2) is 10.8. The van der Waals surface area contributed by atoms with Gasteiger partial charge in [-0.15, -0.1) is 11.3 Å². The molecule has 0 radical (unpaired) electrons. The molecule has 3 aromatic rings. The molecule has 1 fully saturated rings. The molecule has 178 valence electrons. The van der Waals surface area contributed by atoms with Crippen molar-refractivity contribution in [1.29, 1.82) is 0 Å². The molecule has 0 unspecified atom stereocenters. The van der Waals surface area contributed by atoms with Gasteiger partial charge in [0.05, 0.1) is 13.7 Å². The van der Waals surface area contributed by atoms with Crippen molar-refractivity contribution < 1.29 is 14.3 Å². The number of halogens is 2. The molecule has 0 bridgehead atoms. The third kappa shape index (κ3) is 5.55. The molecule has 1 amide bonds. The minimum Gasteiger partial charge on any atom is -0.465 e. The zero-order valence-corrected chi connectivity index (χ0v) is 21.3. The number of thiophene rings is 1. The molecule has 0 saturated carbocycles. The van der Waals surface area contributed by atoms with Crippen LogP contribution >= 0.6 is 34.5 Å². The van der Waals surface area contributed by atoms with Gasteiger partial charge in [0.1, 0.15) is 10.6 Å². The predicted octanol–water partition coefficient (Wildman–Crippen LogP) is 5.58. The Morgan fingerprint density at radius 3 is 2.38 bits per heavy atom. The Labute approximate surface area is 213 Å². The predicted molar refractivity (Wildman–Crippen MR) is 140 cm³/mol. The van der Waals surface area contributed by atoms with Crippen molar-refractivity contribution in [3.05, 3.63) is 69.0 Å². The van der Waals surface area contributed by atoms with Gasteiger partial charge in [-0.25, -0.2) is 4.79 Å². The van der Waals surface area contributed by atoms with Crippen LogP contribution in [0, 0.1) is 6.92 Å². The first-order valence-corrected chi connectivity index (χ1v) is 12.5. The zero-order valence-electron chi connectivity index (χ0n) is 18.9. The van der Waals surface area contributed by atoms with Crippen LogP contribution < -0.4 is 10.2 Å². The van der Waals surface area contributed by atoms with Crippen LogP contribution in [-0.4, -0.2) is 56.6 Å². The highest BCUT2D eigenvalue weighted by Gasteiger charge is 2.24. The molecule has 9 heteroatoms. The number of methoxy groups -OCH3 is 1. The monoisotopic (exact) mass is 517 g/mol. The number of piperazine rings is 1. The van der Waals surface area contributed by atoms with Gasteiger partial charge in [-0.05, 0) is 42.3 Å². The fourth-order valence-corrected chi connectivity index (χ4v) is 5.30. The average Bonchev–Trinajstić information content (AvgIpc) is 3.24. The van der Waals surface area contributed by atoms with Crippen LogP contribution in [-0.2, 0) is 9.53 Å². The summed E-state index contributed by atoms with van der Waals surface area (Å²) in [6, 6.07) is 13.1. The Hall–Kier alpha value is -2.58. The lowest BCUT2D eigenvalue weighted by atomic mass is 10.0. The number of anilines is 2. The number of carbonyl (C=O) groups is 2. The summed E-state index contributed by atoms with van der Waals surface area (Å²) in [5.41, 5.74) is 4.19. The van der Waals surface area contributed by atoms with Crippen LogP contribution in [0.3, 0.4) is 0 Å². The summed E-state index contributed by atoms with van der Waals surface area (Å²) >= 11 is 13.5. The van der Waals surface area contributed by atoms with Crippen LogP contribution in [0.1, 0.15) is 15.9 Å². The smallest absolute Gasteiger partial charge is 0.341 e. The van der Waals surface area contributed by atoms with Crippen LogP contribution in [0.15, 0.2) is 47.8 Å². The van der Waals surface area contributed by atoms with Crippen LogP contribution in [0.5, 0.6) is 0 Å². The molecule has 1 saturated heterocycles. The van der Waals surface area contributed by atoms with E-state index >= 15 is 0 Å². The normalized spacial score (nSPS) is 14.2. The topological polar surface area (TPSA) is 61.9 Å². The van der Waals surface area contributed by atoms with E-state index in [1.807, 2.05) is 35.7 Å². The number of hydrogen-bond donors (Lipinski definition) is 1. The number of carbonyl (C=O) groups excluding carboxylic acids is 2. The first-order valence-electron chi connectivity index (χ1n) is 10.8. The molecule has 6 nitrogen and oxygen atoms in total. The molecule has 1 N–H and O–H groups in total. The van der Waals surface area contributed by atoms with E-state index in [9.17, 15) is 9.59 Å². The Bertz CT molecular complexity index is 1190. The van der Waals surface area contributed by atoms with Gasteiger partial charge < -0.3 is 15.0 Å². The number of nitrogens with zero attached hydrogens (tertiary/aromatic N) is 2. The largest absolute Gasteiger partial charge is 0.465 e. The van der Waals surface area contributed by atoms with Crippen LogP contribution in [0.4, 0.5) is 10.7 Å². The summed E-state index contributed by atoms with van der Waals surface area (Å²) < 4.78 is 4.99. The summed E-state index contributed by atoms with van der Waals surface area (Å²) in [5.74, 6) is -0.658. The van der Waals surface area contributed by atoms with Gasteiger partial charge in [-0.2, -0.15) is 0 Å². The van der Waals surface area contributed by atoms with E-state index in [2.05, 4.69) is 22.0 Å². The molecule has 0 aliphatic carbocycles. The number of aryl methyl sites for hydroxylation is 1. The summed E-state index contributed by atoms with van der Waals surface area (Å²) in [6.07, 6.45) is 0. The first-order chi connectivity index (χ1) is 16.4. The molecular formula is C25H25Cl2N3O3S. The summed E-state index contributed by atoms with van der Waals surface area (Å²) in [7, 11) is 1.33. The van der Waals surface area contributed by atoms with Crippen molar-refractivity contribution in [2.24, 2.45) is 0 Å². The number of hydrogen-bond acceptors (Lipinski definition) is 6. The zero-order chi connectivity index (χ0) is 24.2. The highest BCUT2D eigenvalue weighted by atomic mass is 35.5. The average molecular weight is 518 g/mol. The fourth-order valence-electron chi connectivity index (χ4n) is 4.04. The highest BCUT2D eigenvalue weighted by Crippen LogP contribution is 2.36. The maximum Gasteiger partial charge on any atom is 0.341 e. The van der Waals surface area contributed by atoms with E-state index in [1.54, 1.807) is 12.1 Å². The van der Waals surface area contributed by atoms with E-state index in [0.717, 1.165) is 42.5 Å². The Morgan fingerprint density at radius 2 is 1.71 bits per heavy atom. The Morgan fingerprint density at radius 1 is 1.03 bits per heavy atom. The molecule has 0 atom stereocenters. The van der Waals surface area contributed by atoms with Gasteiger partial charge in [-0.3, -0.25) is 9.69 Å². The van der Waals surface area contributed by atoms with Gasteiger partial charge in [-0.1, -0.05) is 41.4 Å². The molecule has 0 spiro atoms. The molecule has 2 heterocycles. The number of nitrogens with one attached hydrogen (secondary N) is 1. The van der Waals surface area contributed by atoms with E-state index < -0.39 is 5.97 Å². The van der Waals surface area contributed by atoms with E-state index in [4.69, 9.17) is 27.9 Å². The van der Waals surface area contributed by atoms with Gasteiger partial charge in [0.2, 0.25) is 5.91 Å². The quantitative estimate of drug-likeness (QED) is 0.432. The van der Waals surface area contributed by atoms with Crippen molar-refractivity contribution in [3.8, 4) is 11.1 Å². The molecular weight excluding hydrogens is 493 g/mol. The minimum atomic E-state index is -0.494. The van der Waals surface area contributed by atoms with Crippen LogP contribution in [0.25, 0.3) is 11.1 Å². The number of esters is 1. The minimum absolute atomic E-state index is 0.165. The molecule has 4 rings (SSSR count). The molecule has 1 aliphatic heterocycles. The molecule has 34 heavy (non-hydrogen) atoms. The third-order valence-electron chi connectivity index (χ3n) is 5.84. The van der Waals surface area contributed by atoms with Crippen molar-refractivity contribution in [2.75, 3.05) is 50.1 Å². The number of benzene rings is 2. The maximum atomic E-state index is 12.8. The summed E-state index contributed by atoms with van der Waals surface area (Å²) in [6.45, 7) is 5.44. The summed E-state index contributed by atoms with van der Waals surface area (Å²) in [5, 5.41) is 6.57. The van der Waals surface area contributed by atoms with E-state index in [0.29, 0.717) is 21.2 Å². The number of ether oxygens (including phenoxy) is 1. The molecule has 1 aromatic heterocycles. The second-order valence-electron chi connectivity index (χ2n) is 8.09. The van der Waals surface area contributed by atoms with Crippen molar-refractivity contribution in [1.82, 2.24) is 4.90 Å². The molecule has 1 aliphatic rings. The van der Waals surface area contributed by atoms with Gasteiger partial charge in [0.15, 0.2) is 0 Å². The van der Waals surface area contributed by atoms with Gasteiger partial charge in [0.25, 0.3) is 0 Å². The van der Waals surface area contributed by atoms with Crippen molar-refractivity contribution in [2.45, 2.75) is 6.92 Å². The molecule has 2 aromatic carbocycles. The SMILES string of the molecule is COC(=O)c1c(-c2ccc(Cl)cc2)csc1NC(=O)CN1CCN(c2cc(Cl)ccc2C)CC1. The standard InChI is InChI=1S/C25H25Cl2N3O3S/c1-16-3-6-19(27)13-21(16)30-11-9-29(10-12-30)14-22(31)28-24-23(25(32)33-2)20(15-34-24)17-4-7-18(26)8-5-17/h3-8,13,15H,9-12,14H2,1-2H3,(H,28,31). The first kappa shape index (κ1) is 24.5. The Balaban J connectivity index is 1.41. The highest BCUT2D eigenvalue weighted by molar-refractivity contribution is 7.15. The lowest BCUT2D eigenvalue weighted by Crippen LogP contribution is -2.48. The third-order valence-corrected chi connectivity index (χ3v) is 7.22. The van der Waals surface area contributed by atoms with E-state index in [1.165, 1.54) is 24.0 Å². The van der Waals surface area contributed by atoms with Crippen molar-refractivity contribution in [3.63, 3.8) is 0 Å². The Kier molecular flexibility index (Phi) is 7.78.